The second-order valence-electron chi connectivity index (χ2n) is 8.60. The Balaban J connectivity index is 1.55. The lowest BCUT2D eigenvalue weighted by Crippen LogP contribution is -2.42. The predicted octanol–water partition coefficient (Wildman–Crippen LogP) is 1.86. The molecule has 0 bridgehead atoms. The van der Waals surface area contributed by atoms with Crippen molar-refractivity contribution in [3.05, 3.63) is 59.4 Å². The summed E-state index contributed by atoms with van der Waals surface area (Å²) < 4.78 is 46.4. The summed E-state index contributed by atoms with van der Waals surface area (Å²) in [5.74, 6) is -0.609. The van der Waals surface area contributed by atoms with Crippen LogP contribution in [-0.4, -0.2) is 71.0 Å². The molecule has 1 amide bonds. The standard InChI is InChI=1S/C23H20ClF3N8O5/c1-39-34-21(38)17-15(36)16(37)22(40-17)35-9-31-14-19(30-8-13-5-11(2-3-29-13)23(25,26)27)32-18(33-20(14)35)10-4-12(24)7-28-6-10/h2-7,9,15-17,22,36-37H,8H2,1H3,(H,34,38)(H,30,32,33)/t15-,16+,17-,22+/m0/s1. The number of pyridine rings is 2. The van der Waals surface area contributed by atoms with E-state index in [1.807, 2.05) is 5.48 Å². The molecule has 210 valence electrons. The maximum atomic E-state index is 13.2. The van der Waals surface area contributed by atoms with E-state index in [1.165, 1.54) is 30.4 Å². The number of aliphatic hydroxyl groups is 2. The van der Waals surface area contributed by atoms with Crippen molar-refractivity contribution < 1.29 is 37.8 Å². The summed E-state index contributed by atoms with van der Waals surface area (Å²) in [4.78, 5) is 38.1. The summed E-state index contributed by atoms with van der Waals surface area (Å²) in [6.45, 7) is -0.156. The molecular weight excluding hydrogens is 561 g/mol. The second-order valence-corrected chi connectivity index (χ2v) is 9.03. The first-order valence-electron chi connectivity index (χ1n) is 11.5. The summed E-state index contributed by atoms with van der Waals surface area (Å²) in [5, 5.41) is 24.3. The molecule has 5 heterocycles. The molecule has 4 aromatic heterocycles. The largest absolute Gasteiger partial charge is 0.416 e. The van der Waals surface area contributed by atoms with Crippen LogP contribution in [0.4, 0.5) is 19.0 Å². The number of anilines is 1. The Morgan fingerprint density at radius 2 is 2.00 bits per heavy atom. The zero-order chi connectivity index (χ0) is 28.6. The maximum absolute atomic E-state index is 13.2. The highest BCUT2D eigenvalue weighted by Crippen LogP contribution is 2.34. The smallest absolute Gasteiger partial charge is 0.387 e. The van der Waals surface area contributed by atoms with E-state index in [0.29, 0.717) is 10.6 Å². The minimum atomic E-state index is -4.55. The molecule has 4 N–H and O–H groups in total. The van der Waals surface area contributed by atoms with Gasteiger partial charge < -0.3 is 20.3 Å². The van der Waals surface area contributed by atoms with Gasteiger partial charge in [-0.25, -0.2) is 20.4 Å². The van der Waals surface area contributed by atoms with Gasteiger partial charge in [-0.2, -0.15) is 13.2 Å². The molecule has 1 fully saturated rings. The van der Waals surface area contributed by atoms with Crippen LogP contribution in [0.15, 0.2) is 43.1 Å². The molecule has 0 radical (unpaired) electrons. The van der Waals surface area contributed by atoms with Gasteiger partial charge in [-0.05, 0) is 18.2 Å². The van der Waals surface area contributed by atoms with Gasteiger partial charge in [0.1, 0.15) is 12.2 Å². The quantitative estimate of drug-likeness (QED) is 0.235. The number of amides is 1. The molecular formula is C23H20ClF3N8O5. The zero-order valence-corrected chi connectivity index (χ0v) is 21.1. The third-order valence-corrected chi connectivity index (χ3v) is 6.15. The number of aromatic nitrogens is 6. The molecule has 13 nitrogen and oxygen atoms in total. The van der Waals surface area contributed by atoms with Gasteiger partial charge in [0.05, 0.1) is 36.3 Å². The van der Waals surface area contributed by atoms with Gasteiger partial charge in [0.25, 0.3) is 5.91 Å². The van der Waals surface area contributed by atoms with Crippen LogP contribution in [0.25, 0.3) is 22.6 Å². The minimum absolute atomic E-state index is 0.0802. The predicted molar refractivity (Wildman–Crippen MR) is 131 cm³/mol. The van der Waals surface area contributed by atoms with E-state index >= 15 is 0 Å². The highest BCUT2D eigenvalue weighted by atomic mass is 35.5. The molecule has 0 aromatic carbocycles. The highest BCUT2D eigenvalue weighted by Gasteiger charge is 2.48. The number of halogens is 4. The zero-order valence-electron chi connectivity index (χ0n) is 20.4. The van der Waals surface area contributed by atoms with Crippen molar-refractivity contribution in [2.24, 2.45) is 0 Å². The summed E-state index contributed by atoms with van der Waals surface area (Å²) in [5.41, 5.74) is 1.91. The van der Waals surface area contributed by atoms with E-state index in [9.17, 15) is 28.2 Å². The van der Waals surface area contributed by atoms with Gasteiger partial charge in [-0.1, -0.05) is 11.6 Å². The van der Waals surface area contributed by atoms with Crippen LogP contribution in [0.2, 0.25) is 5.02 Å². The van der Waals surface area contributed by atoms with E-state index in [0.717, 1.165) is 18.3 Å². The lowest BCUT2D eigenvalue weighted by Gasteiger charge is -2.17. The van der Waals surface area contributed by atoms with Crippen molar-refractivity contribution in [2.45, 2.75) is 37.3 Å². The minimum Gasteiger partial charge on any atom is -0.387 e. The SMILES string of the molecule is CONC(=O)[C@H]1O[C@@H](n2cnc3c(NCc4cc(C(F)(F)F)ccn4)nc(-c4cncc(Cl)c4)nc32)[C@H](O)[C@@H]1O. The van der Waals surface area contributed by atoms with Crippen molar-refractivity contribution in [1.29, 1.82) is 0 Å². The molecule has 0 unspecified atom stereocenters. The number of ether oxygens (including phenoxy) is 1. The van der Waals surface area contributed by atoms with Crippen molar-refractivity contribution in [3.63, 3.8) is 0 Å². The van der Waals surface area contributed by atoms with Crippen molar-refractivity contribution in [1.82, 2.24) is 35.0 Å². The Hall–Kier alpha value is -3.96. The number of carbonyl (C=O) groups is 1. The van der Waals surface area contributed by atoms with Crippen LogP contribution in [0.3, 0.4) is 0 Å². The molecule has 17 heteroatoms. The first-order chi connectivity index (χ1) is 19.1. The number of hydrogen-bond donors (Lipinski definition) is 4. The fourth-order valence-corrected chi connectivity index (χ4v) is 4.25. The maximum Gasteiger partial charge on any atom is 0.416 e. The number of alkyl halides is 3. The molecule has 0 saturated carbocycles. The Morgan fingerprint density at radius 3 is 2.73 bits per heavy atom. The number of imidazole rings is 1. The number of nitrogens with one attached hydrogen (secondary N) is 2. The number of aliphatic hydroxyl groups excluding tert-OH is 2. The Bertz CT molecular complexity index is 1550. The molecule has 0 aliphatic carbocycles. The van der Waals surface area contributed by atoms with Crippen LogP contribution in [0.1, 0.15) is 17.5 Å². The number of carbonyl (C=O) groups excluding carboxylic acids is 1. The third kappa shape index (κ3) is 5.39. The average molecular weight is 581 g/mol. The van der Waals surface area contributed by atoms with Crippen LogP contribution in [0.5, 0.6) is 0 Å². The van der Waals surface area contributed by atoms with Crippen LogP contribution >= 0.6 is 11.6 Å². The Morgan fingerprint density at radius 1 is 1.20 bits per heavy atom. The second kappa shape index (κ2) is 10.9. The number of hydrogen-bond acceptors (Lipinski definition) is 11. The fourth-order valence-electron chi connectivity index (χ4n) is 4.08. The number of fused-ring (bicyclic) bond motifs is 1. The summed E-state index contributed by atoms with van der Waals surface area (Å²) in [7, 11) is 1.20. The normalized spacial score (nSPS) is 21.1. The van der Waals surface area contributed by atoms with Crippen LogP contribution < -0.4 is 10.8 Å². The average Bonchev–Trinajstić information content (AvgIpc) is 3.47. The van der Waals surface area contributed by atoms with E-state index in [-0.39, 0.29) is 35.0 Å². The first kappa shape index (κ1) is 27.6. The van der Waals surface area contributed by atoms with E-state index < -0.39 is 42.2 Å². The van der Waals surface area contributed by atoms with Gasteiger partial charge in [0.2, 0.25) is 0 Å². The Kier molecular flexibility index (Phi) is 7.52. The van der Waals surface area contributed by atoms with Gasteiger partial charge in [-0.15, -0.1) is 0 Å². The van der Waals surface area contributed by atoms with Gasteiger partial charge >= 0.3 is 6.18 Å². The molecule has 0 spiro atoms. The van der Waals surface area contributed by atoms with Crippen molar-refractivity contribution in [3.8, 4) is 11.4 Å². The molecule has 4 aromatic rings. The van der Waals surface area contributed by atoms with E-state index in [2.05, 4.69) is 35.1 Å². The summed E-state index contributed by atoms with van der Waals surface area (Å²) in [6, 6.07) is 3.31. The van der Waals surface area contributed by atoms with Crippen LogP contribution in [-0.2, 0) is 27.1 Å². The summed E-state index contributed by atoms with van der Waals surface area (Å²) in [6.07, 6.45) is -5.34. The van der Waals surface area contributed by atoms with E-state index in [4.69, 9.17) is 16.3 Å². The van der Waals surface area contributed by atoms with Crippen molar-refractivity contribution >= 4 is 34.5 Å². The molecule has 4 atom stereocenters. The fraction of sp³-hybridized carbons (Fsp3) is 0.304. The number of hydroxylamine groups is 1. The lowest BCUT2D eigenvalue weighted by atomic mass is 10.1. The van der Waals surface area contributed by atoms with Gasteiger partial charge in [0.15, 0.2) is 35.1 Å². The molecule has 1 aliphatic rings. The molecule has 1 saturated heterocycles. The Labute approximate surface area is 227 Å². The lowest BCUT2D eigenvalue weighted by molar-refractivity contribution is -0.148. The number of nitrogens with zero attached hydrogens (tertiary/aromatic N) is 6. The monoisotopic (exact) mass is 580 g/mol. The van der Waals surface area contributed by atoms with Gasteiger partial charge in [0, 0.05) is 24.2 Å². The van der Waals surface area contributed by atoms with Crippen LogP contribution in [0, 0.1) is 0 Å². The number of rotatable bonds is 7. The first-order valence-corrected chi connectivity index (χ1v) is 11.9. The third-order valence-electron chi connectivity index (χ3n) is 5.94. The van der Waals surface area contributed by atoms with Gasteiger partial charge in [-0.3, -0.25) is 24.2 Å². The summed E-state index contributed by atoms with van der Waals surface area (Å²) >= 11 is 6.09. The molecule has 40 heavy (non-hydrogen) atoms. The van der Waals surface area contributed by atoms with Crippen molar-refractivity contribution in [2.75, 3.05) is 12.4 Å². The molecule has 1 aliphatic heterocycles. The highest BCUT2D eigenvalue weighted by molar-refractivity contribution is 6.30. The van der Waals surface area contributed by atoms with E-state index in [1.54, 1.807) is 6.07 Å². The topological polar surface area (TPSA) is 169 Å². The molecule has 5 rings (SSSR count).